The fraction of sp³-hybridized carbons (Fsp3) is 1.00. The second-order valence-electron chi connectivity index (χ2n) is 1.52. The molecule has 0 spiro atoms. The zero-order chi connectivity index (χ0) is 6.57. The standard InChI is InChI=1S/C3H9N5/c1-2(3(4)5)7-8-6/h2-3H,4-5H2,1H3. The summed E-state index contributed by atoms with van der Waals surface area (Å²) in [6, 6.07) is -0.319. The van der Waals surface area contributed by atoms with Gasteiger partial charge in [0.05, 0.1) is 12.2 Å². The van der Waals surface area contributed by atoms with Gasteiger partial charge in [0.25, 0.3) is 0 Å². The van der Waals surface area contributed by atoms with Crippen molar-refractivity contribution in [2.75, 3.05) is 0 Å². The number of hydrogen-bond donors (Lipinski definition) is 2. The van der Waals surface area contributed by atoms with Crippen molar-refractivity contribution < 1.29 is 0 Å². The molecule has 0 fully saturated rings. The van der Waals surface area contributed by atoms with E-state index in [0.29, 0.717) is 0 Å². The molecule has 0 aromatic rings. The van der Waals surface area contributed by atoms with E-state index in [2.05, 4.69) is 10.0 Å². The van der Waals surface area contributed by atoms with Crippen LogP contribution < -0.4 is 11.5 Å². The van der Waals surface area contributed by atoms with Gasteiger partial charge in [-0.15, -0.1) is 0 Å². The number of hydrogen-bond acceptors (Lipinski definition) is 3. The molecular weight excluding hydrogens is 106 g/mol. The van der Waals surface area contributed by atoms with Crippen molar-refractivity contribution in [1.82, 2.24) is 0 Å². The molecule has 1 unspecified atom stereocenters. The Balaban J connectivity index is 3.63. The molecule has 46 valence electrons. The molecule has 0 saturated heterocycles. The third-order valence-corrected chi connectivity index (χ3v) is 0.791. The van der Waals surface area contributed by atoms with Crippen molar-refractivity contribution in [3.05, 3.63) is 10.4 Å². The van der Waals surface area contributed by atoms with Crippen LogP contribution in [0.5, 0.6) is 0 Å². The Morgan fingerprint density at radius 1 is 1.62 bits per heavy atom. The van der Waals surface area contributed by atoms with E-state index in [4.69, 9.17) is 17.0 Å². The smallest absolute Gasteiger partial charge is 0.0626 e. The van der Waals surface area contributed by atoms with Gasteiger partial charge in [-0.25, -0.2) is 0 Å². The van der Waals surface area contributed by atoms with Crippen LogP contribution in [-0.2, 0) is 0 Å². The molecule has 0 saturated carbocycles. The van der Waals surface area contributed by atoms with Gasteiger partial charge in [0.2, 0.25) is 0 Å². The summed E-state index contributed by atoms with van der Waals surface area (Å²) in [5.41, 5.74) is 18.1. The Kier molecular flexibility index (Phi) is 2.95. The molecule has 5 heteroatoms. The van der Waals surface area contributed by atoms with Crippen LogP contribution in [0.15, 0.2) is 5.11 Å². The van der Waals surface area contributed by atoms with Crippen LogP contribution in [0.1, 0.15) is 6.92 Å². The van der Waals surface area contributed by atoms with Crippen LogP contribution >= 0.6 is 0 Å². The predicted octanol–water partition coefficient (Wildman–Crippen LogP) is -0.0713. The van der Waals surface area contributed by atoms with Gasteiger partial charge in [-0.1, -0.05) is 12.0 Å². The van der Waals surface area contributed by atoms with Gasteiger partial charge < -0.3 is 11.5 Å². The van der Waals surface area contributed by atoms with Crippen LogP contribution in [0.3, 0.4) is 0 Å². The molecule has 0 rings (SSSR count). The Labute approximate surface area is 47.3 Å². The fourth-order valence-electron chi connectivity index (χ4n) is 0.158. The van der Waals surface area contributed by atoms with Crippen molar-refractivity contribution in [1.29, 1.82) is 0 Å². The van der Waals surface area contributed by atoms with E-state index in [9.17, 15) is 0 Å². The Morgan fingerprint density at radius 3 is 2.25 bits per heavy atom. The molecule has 1 atom stereocenters. The summed E-state index contributed by atoms with van der Waals surface area (Å²) in [4.78, 5) is 2.52. The SMILES string of the molecule is CC(N=[N+]=[N-])C(N)N. The highest BCUT2D eigenvalue weighted by Gasteiger charge is 2.02. The Hall–Kier alpha value is -0.770. The van der Waals surface area contributed by atoms with Crippen molar-refractivity contribution in [3.8, 4) is 0 Å². The van der Waals surface area contributed by atoms with Gasteiger partial charge in [-0.2, -0.15) is 0 Å². The molecule has 0 aliphatic carbocycles. The van der Waals surface area contributed by atoms with E-state index in [0.717, 1.165) is 0 Å². The van der Waals surface area contributed by atoms with E-state index >= 15 is 0 Å². The minimum atomic E-state index is -0.550. The van der Waals surface area contributed by atoms with E-state index < -0.39 is 6.17 Å². The average molecular weight is 115 g/mol. The van der Waals surface area contributed by atoms with Crippen LogP contribution in [0.4, 0.5) is 0 Å². The van der Waals surface area contributed by atoms with Gasteiger partial charge >= 0.3 is 0 Å². The second-order valence-corrected chi connectivity index (χ2v) is 1.52. The molecule has 8 heavy (non-hydrogen) atoms. The van der Waals surface area contributed by atoms with Crippen LogP contribution in [0, 0.1) is 0 Å². The molecule has 0 amide bonds. The molecule has 0 heterocycles. The number of nitrogens with two attached hydrogens (primary N) is 2. The molecule has 5 nitrogen and oxygen atoms in total. The number of azide groups is 1. The number of rotatable bonds is 2. The summed E-state index contributed by atoms with van der Waals surface area (Å²) >= 11 is 0. The summed E-state index contributed by atoms with van der Waals surface area (Å²) in [7, 11) is 0. The third kappa shape index (κ3) is 2.41. The minimum Gasteiger partial charge on any atom is -0.316 e. The summed E-state index contributed by atoms with van der Waals surface area (Å²) in [6.45, 7) is 1.66. The quantitative estimate of drug-likeness (QED) is 0.228. The molecule has 0 aliphatic heterocycles. The first-order valence-corrected chi connectivity index (χ1v) is 2.24. The third-order valence-electron chi connectivity index (χ3n) is 0.791. The monoisotopic (exact) mass is 115 g/mol. The maximum Gasteiger partial charge on any atom is 0.0626 e. The lowest BCUT2D eigenvalue weighted by Crippen LogP contribution is -2.39. The summed E-state index contributed by atoms with van der Waals surface area (Å²) < 4.78 is 0. The predicted molar refractivity (Wildman–Crippen MR) is 30.8 cm³/mol. The normalized spacial score (nSPS) is 13.0. The first kappa shape index (κ1) is 7.23. The minimum absolute atomic E-state index is 0.319. The highest BCUT2D eigenvalue weighted by atomic mass is 15.2. The molecule has 0 radical (unpaired) electrons. The maximum atomic E-state index is 7.83. The van der Waals surface area contributed by atoms with E-state index in [-0.39, 0.29) is 6.04 Å². The fourth-order valence-corrected chi connectivity index (χ4v) is 0.158. The van der Waals surface area contributed by atoms with Crippen molar-refractivity contribution in [2.24, 2.45) is 16.6 Å². The first-order valence-electron chi connectivity index (χ1n) is 2.24. The highest BCUT2D eigenvalue weighted by Crippen LogP contribution is 1.87. The largest absolute Gasteiger partial charge is 0.316 e. The summed E-state index contributed by atoms with van der Waals surface area (Å²) in [5, 5.41) is 3.25. The summed E-state index contributed by atoms with van der Waals surface area (Å²) in [5.74, 6) is 0. The highest BCUT2D eigenvalue weighted by molar-refractivity contribution is 4.68. The molecule has 0 aromatic carbocycles. The van der Waals surface area contributed by atoms with Crippen molar-refractivity contribution in [2.45, 2.75) is 19.1 Å². The molecule has 0 aromatic heterocycles. The van der Waals surface area contributed by atoms with E-state index in [1.54, 1.807) is 6.92 Å². The average Bonchev–Trinajstić information content (AvgIpc) is 1.67. The van der Waals surface area contributed by atoms with Gasteiger partial charge in [0, 0.05) is 4.91 Å². The molecule has 4 N–H and O–H groups in total. The van der Waals surface area contributed by atoms with Crippen LogP contribution in [-0.4, -0.2) is 12.2 Å². The Bertz CT molecular complexity index is 102. The lowest BCUT2D eigenvalue weighted by Gasteiger charge is -2.06. The molecule has 0 bridgehead atoms. The topological polar surface area (TPSA) is 101 Å². The maximum absolute atomic E-state index is 7.83. The zero-order valence-corrected chi connectivity index (χ0v) is 4.65. The van der Waals surface area contributed by atoms with Gasteiger partial charge in [-0.05, 0) is 5.53 Å². The molecular formula is C3H9N5. The van der Waals surface area contributed by atoms with Gasteiger partial charge in [-0.3, -0.25) is 0 Å². The first-order chi connectivity index (χ1) is 3.68. The van der Waals surface area contributed by atoms with Crippen LogP contribution in [0.2, 0.25) is 0 Å². The zero-order valence-electron chi connectivity index (χ0n) is 4.65. The second kappa shape index (κ2) is 3.26. The number of nitrogens with zero attached hydrogens (tertiary/aromatic N) is 3. The lowest BCUT2D eigenvalue weighted by atomic mass is 10.3. The summed E-state index contributed by atoms with van der Waals surface area (Å²) in [6.07, 6.45) is -0.550. The van der Waals surface area contributed by atoms with Crippen LogP contribution in [0.25, 0.3) is 10.4 Å². The van der Waals surface area contributed by atoms with E-state index in [1.807, 2.05) is 0 Å². The van der Waals surface area contributed by atoms with Crippen molar-refractivity contribution in [3.63, 3.8) is 0 Å². The van der Waals surface area contributed by atoms with Gasteiger partial charge in [0.15, 0.2) is 0 Å². The Morgan fingerprint density at radius 2 is 2.12 bits per heavy atom. The van der Waals surface area contributed by atoms with E-state index in [1.165, 1.54) is 0 Å². The van der Waals surface area contributed by atoms with Crippen molar-refractivity contribution >= 4 is 0 Å². The molecule has 0 aliphatic rings. The van der Waals surface area contributed by atoms with Gasteiger partial charge in [0.1, 0.15) is 0 Å². The lowest BCUT2D eigenvalue weighted by molar-refractivity contribution is 0.577.